The minimum absolute atomic E-state index is 0.162. The lowest BCUT2D eigenvalue weighted by Crippen LogP contribution is -2.22. The van der Waals surface area contributed by atoms with E-state index in [2.05, 4.69) is 10.5 Å². The summed E-state index contributed by atoms with van der Waals surface area (Å²) in [7, 11) is 1.59. The number of carbonyl (C=O) groups is 1. The van der Waals surface area contributed by atoms with Crippen LogP contribution in [0.4, 0.5) is 0 Å². The number of aryl methyl sites for hydroxylation is 2. The zero-order chi connectivity index (χ0) is 14.5. The van der Waals surface area contributed by atoms with Crippen molar-refractivity contribution in [2.45, 2.75) is 6.92 Å². The molecule has 2 aromatic rings. The number of hydrogen-bond donors (Lipinski definition) is 1. The first-order valence-corrected chi connectivity index (χ1v) is 6.13. The third-order valence-electron chi connectivity index (χ3n) is 2.81. The predicted molar refractivity (Wildman–Crippen MR) is 77.9 cm³/mol. The van der Waals surface area contributed by atoms with E-state index in [1.54, 1.807) is 13.3 Å². The number of amides is 1. The first kappa shape index (κ1) is 13.7. The Morgan fingerprint density at radius 1 is 1.20 bits per heavy atom. The van der Waals surface area contributed by atoms with Gasteiger partial charge in [0.25, 0.3) is 5.91 Å². The van der Waals surface area contributed by atoms with E-state index in [1.165, 1.54) is 22.9 Å². The lowest BCUT2D eigenvalue weighted by atomic mass is 10.2. The van der Waals surface area contributed by atoms with Gasteiger partial charge in [-0.25, -0.2) is 5.43 Å². The van der Waals surface area contributed by atoms with E-state index in [0.29, 0.717) is 5.56 Å². The highest BCUT2D eigenvalue weighted by molar-refractivity contribution is 5.94. The fourth-order valence-corrected chi connectivity index (χ4v) is 1.61. The number of benzene rings is 1. The molecule has 0 saturated carbocycles. The van der Waals surface area contributed by atoms with Crippen LogP contribution in [0.25, 0.3) is 0 Å². The molecule has 0 atom stereocenters. The highest BCUT2D eigenvalue weighted by Crippen LogP contribution is 2.00. The average Bonchev–Trinajstić information content (AvgIpc) is 2.44. The van der Waals surface area contributed by atoms with Crippen LogP contribution >= 0.6 is 0 Å². The highest BCUT2D eigenvalue weighted by Gasteiger charge is 2.04. The van der Waals surface area contributed by atoms with Crippen molar-refractivity contribution in [3.63, 3.8) is 0 Å². The molecule has 0 saturated heterocycles. The fraction of sp³-hybridized carbons (Fsp3) is 0.133. The second-order valence-corrected chi connectivity index (χ2v) is 4.48. The molecule has 1 amide bonds. The van der Waals surface area contributed by atoms with Gasteiger partial charge in [-0.2, -0.15) is 5.10 Å². The molecule has 0 radical (unpaired) electrons. The normalized spacial score (nSPS) is 10.7. The van der Waals surface area contributed by atoms with Gasteiger partial charge in [-0.05, 0) is 18.6 Å². The Kier molecular flexibility index (Phi) is 4.10. The van der Waals surface area contributed by atoms with Crippen LogP contribution in [0.1, 0.15) is 21.5 Å². The van der Waals surface area contributed by atoms with Crippen molar-refractivity contribution in [1.82, 2.24) is 9.99 Å². The Morgan fingerprint density at radius 3 is 2.55 bits per heavy atom. The molecule has 0 unspecified atom stereocenters. The van der Waals surface area contributed by atoms with Crippen molar-refractivity contribution in [2.24, 2.45) is 12.1 Å². The maximum Gasteiger partial charge on any atom is 0.272 e. The Balaban J connectivity index is 2.03. The van der Waals surface area contributed by atoms with Gasteiger partial charge in [0.05, 0.1) is 11.8 Å². The maximum atomic E-state index is 11.8. The number of hydrogen-bond acceptors (Lipinski definition) is 3. The molecule has 0 aliphatic carbocycles. The largest absolute Gasteiger partial charge is 0.318 e. The van der Waals surface area contributed by atoms with E-state index in [-0.39, 0.29) is 11.5 Å². The molecular weight excluding hydrogens is 254 g/mol. The summed E-state index contributed by atoms with van der Waals surface area (Å²) >= 11 is 0. The lowest BCUT2D eigenvalue weighted by molar-refractivity contribution is 0.0954. The molecule has 0 spiro atoms. The molecule has 0 fully saturated rings. The third-order valence-corrected chi connectivity index (χ3v) is 2.81. The van der Waals surface area contributed by atoms with Crippen molar-refractivity contribution in [1.29, 1.82) is 0 Å². The van der Waals surface area contributed by atoms with Crippen LogP contribution in [0.2, 0.25) is 0 Å². The SMILES string of the molecule is Cc1ccc(/C=N\NC(=O)c2ccc(=O)n(C)c2)cc1. The molecule has 1 aromatic heterocycles. The first-order valence-electron chi connectivity index (χ1n) is 6.13. The third kappa shape index (κ3) is 3.41. The molecule has 0 aliphatic rings. The van der Waals surface area contributed by atoms with Gasteiger partial charge in [-0.1, -0.05) is 29.8 Å². The summed E-state index contributed by atoms with van der Waals surface area (Å²) in [6, 6.07) is 10.6. The fourth-order valence-electron chi connectivity index (χ4n) is 1.61. The molecule has 5 nitrogen and oxygen atoms in total. The van der Waals surface area contributed by atoms with E-state index in [1.807, 2.05) is 31.2 Å². The van der Waals surface area contributed by atoms with E-state index >= 15 is 0 Å². The van der Waals surface area contributed by atoms with E-state index in [4.69, 9.17) is 0 Å². The number of pyridine rings is 1. The van der Waals surface area contributed by atoms with Crippen LogP contribution < -0.4 is 11.0 Å². The number of hydrazone groups is 1. The second-order valence-electron chi connectivity index (χ2n) is 4.48. The van der Waals surface area contributed by atoms with Crippen LogP contribution in [-0.2, 0) is 7.05 Å². The van der Waals surface area contributed by atoms with Crippen molar-refractivity contribution in [2.75, 3.05) is 0 Å². The van der Waals surface area contributed by atoms with Crippen LogP contribution in [0.3, 0.4) is 0 Å². The number of aromatic nitrogens is 1. The summed E-state index contributed by atoms with van der Waals surface area (Å²) in [5, 5.41) is 3.89. The molecule has 2 rings (SSSR count). The molecular formula is C15H15N3O2. The van der Waals surface area contributed by atoms with Crippen molar-refractivity contribution in [3.8, 4) is 0 Å². The zero-order valence-electron chi connectivity index (χ0n) is 11.3. The summed E-state index contributed by atoms with van der Waals surface area (Å²) in [6.45, 7) is 2.00. The molecule has 20 heavy (non-hydrogen) atoms. The number of rotatable bonds is 3. The van der Waals surface area contributed by atoms with E-state index < -0.39 is 0 Å². The van der Waals surface area contributed by atoms with Crippen molar-refractivity contribution in [3.05, 3.63) is 69.6 Å². The quantitative estimate of drug-likeness (QED) is 0.677. The van der Waals surface area contributed by atoms with Gasteiger partial charge >= 0.3 is 0 Å². The summed E-state index contributed by atoms with van der Waals surface area (Å²) in [5.74, 6) is -0.357. The molecule has 1 heterocycles. The van der Waals surface area contributed by atoms with Crippen molar-refractivity contribution >= 4 is 12.1 Å². The zero-order valence-corrected chi connectivity index (χ0v) is 11.3. The van der Waals surface area contributed by atoms with E-state index in [9.17, 15) is 9.59 Å². The van der Waals surface area contributed by atoms with Gasteiger partial charge in [0.1, 0.15) is 0 Å². The monoisotopic (exact) mass is 269 g/mol. The number of nitrogens with one attached hydrogen (secondary N) is 1. The number of carbonyl (C=O) groups excluding carboxylic acids is 1. The summed E-state index contributed by atoms with van der Waals surface area (Å²) in [6.07, 6.45) is 3.04. The van der Waals surface area contributed by atoms with E-state index in [0.717, 1.165) is 11.1 Å². The summed E-state index contributed by atoms with van der Waals surface area (Å²) in [5.41, 5.74) is 4.71. The van der Waals surface area contributed by atoms with Gasteiger partial charge in [-0.3, -0.25) is 9.59 Å². The maximum absolute atomic E-state index is 11.8. The standard InChI is InChI=1S/C15H15N3O2/c1-11-3-5-12(6-4-11)9-16-17-15(20)13-7-8-14(19)18(2)10-13/h3-10H,1-2H3,(H,17,20)/b16-9-. The van der Waals surface area contributed by atoms with Crippen molar-refractivity contribution < 1.29 is 4.79 Å². The molecule has 1 N–H and O–H groups in total. The van der Waals surface area contributed by atoms with Gasteiger partial charge in [-0.15, -0.1) is 0 Å². The lowest BCUT2D eigenvalue weighted by Gasteiger charge is -2.02. The van der Waals surface area contributed by atoms with Crippen LogP contribution in [0.5, 0.6) is 0 Å². The van der Waals surface area contributed by atoms with Gasteiger partial charge in [0.15, 0.2) is 0 Å². The Hall–Kier alpha value is -2.69. The smallest absolute Gasteiger partial charge is 0.272 e. The van der Waals surface area contributed by atoms with Crippen LogP contribution in [0, 0.1) is 6.92 Å². The predicted octanol–water partition coefficient (Wildman–Crippen LogP) is 1.46. The topological polar surface area (TPSA) is 63.5 Å². The van der Waals surface area contributed by atoms with Gasteiger partial charge in [0.2, 0.25) is 5.56 Å². The Morgan fingerprint density at radius 2 is 1.90 bits per heavy atom. The average molecular weight is 269 g/mol. The highest BCUT2D eigenvalue weighted by atomic mass is 16.2. The summed E-state index contributed by atoms with van der Waals surface area (Å²) in [4.78, 5) is 23.0. The Bertz CT molecular complexity index is 700. The summed E-state index contributed by atoms with van der Waals surface area (Å²) < 4.78 is 1.35. The molecule has 0 bridgehead atoms. The molecule has 5 heteroatoms. The number of nitrogens with zero attached hydrogens (tertiary/aromatic N) is 2. The van der Waals surface area contributed by atoms with Crippen LogP contribution in [-0.4, -0.2) is 16.7 Å². The molecule has 102 valence electrons. The first-order chi connectivity index (χ1) is 9.56. The minimum Gasteiger partial charge on any atom is -0.318 e. The minimum atomic E-state index is -0.357. The Labute approximate surface area is 116 Å². The molecule has 0 aliphatic heterocycles. The molecule has 1 aromatic carbocycles. The second kappa shape index (κ2) is 5.97. The van der Waals surface area contributed by atoms with Gasteiger partial charge in [0, 0.05) is 19.3 Å². The van der Waals surface area contributed by atoms with Crippen LogP contribution in [0.15, 0.2) is 52.5 Å². The van der Waals surface area contributed by atoms with Gasteiger partial charge < -0.3 is 4.57 Å².